The first-order valence-electron chi connectivity index (χ1n) is 8.85. The number of methoxy groups -OCH3 is 1. The van der Waals surface area contributed by atoms with E-state index in [0.717, 1.165) is 30.7 Å². The zero-order chi connectivity index (χ0) is 18.4. The minimum atomic E-state index is 0.647. The highest BCUT2D eigenvalue weighted by molar-refractivity contribution is 5.55. The molecular formula is C21H25N3O2. The molecule has 0 unspecified atom stereocenters. The molecular weight excluding hydrogens is 326 g/mol. The van der Waals surface area contributed by atoms with Crippen LogP contribution >= 0.6 is 0 Å². The SMILES string of the molecule is COc1ccc(CCCN(C)Cc2nc(-c3cccc(C)c3)no2)cc1. The summed E-state index contributed by atoms with van der Waals surface area (Å²) in [5.41, 5.74) is 3.49. The van der Waals surface area contributed by atoms with Gasteiger partial charge in [0.15, 0.2) is 0 Å². The number of hydrogen-bond acceptors (Lipinski definition) is 5. The fourth-order valence-electron chi connectivity index (χ4n) is 2.88. The fraction of sp³-hybridized carbons (Fsp3) is 0.333. The summed E-state index contributed by atoms with van der Waals surface area (Å²) in [6, 6.07) is 16.4. The number of rotatable bonds is 8. The average molecular weight is 351 g/mol. The molecule has 0 aliphatic carbocycles. The molecule has 26 heavy (non-hydrogen) atoms. The Bertz CT molecular complexity index is 827. The summed E-state index contributed by atoms with van der Waals surface area (Å²) in [7, 11) is 3.76. The molecule has 0 aliphatic heterocycles. The fourth-order valence-corrected chi connectivity index (χ4v) is 2.88. The molecule has 136 valence electrons. The van der Waals surface area contributed by atoms with Crippen molar-refractivity contribution in [3.05, 3.63) is 65.5 Å². The highest BCUT2D eigenvalue weighted by Crippen LogP contribution is 2.17. The van der Waals surface area contributed by atoms with Gasteiger partial charge in [0.1, 0.15) is 5.75 Å². The number of hydrogen-bond donors (Lipinski definition) is 0. The van der Waals surface area contributed by atoms with E-state index in [2.05, 4.69) is 53.3 Å². The van der Waals surface area contributed by atoms with Gasteiger partial charge in [0.25, 0.3) is 0 Å². The Balaban J connectivity index is 1.48. The van der Waals surface area contributed by atoms with E-state index in [1.165, 1.54) is 11.1 Å². The number of nitrogens with zero attached hydrogens (tertiary/aromatic N) is 3. The maximum absolute atomic E-state index is 5.40. The molecule has 0 saturated carbocycles. The van der Waals surface area contributed by atoms with E-state index < -0.39 is 0 Å². The maximum atomic E-state index is 5.40. The molecule has 0 aliphatic rings. The third-order valence-corrected chi connectivity index (χ3v) is 4.31. The molecule has 3 rings (SSSR count). The molecule has 1 aromatic heterocycles. The van der Waals surface area contributed by atoms with Crippen molar-refractivity contribution in [2.45, 2.75) is 26.3 Å². The minimum absolute atomic E-state index is 0.647. The molecule has 0 radical (unpaired) electrons. The van der Waals surface area contributed by atoms with Crippen molar-refractivity contribution in [2.75, 3.05) is 20.7 Å². The third-order valence-electron chi connectivity index (χ3n) is 4.31. The van der Waals surface area contributed by atoms with Crippen LogP contribution in [0.3, 0.4) is 0 Å². The topological polar surface area (TPSA) is 51.4 Å². The van der Waals surface area contributed by atoms with Crippen LogP contribution in [-0.4, -0.2) is 35.7 Å². The Hall–Kier alpha value is -2.66. The highest BCUT2D eigenvalue weighted by atomic mass is 16.5. The first-order chi connectivity index (χ1) is 12.6. The van der Waals surface area contributed by atoms with Gasteiger partial charge in [0.2, 0.25) is 11.7 Å². The lowest BCUT2D eigenvalue weighted by atomic mass is 10.1. The van der Waals surface area contributed by atoms with Crippen LogP contribution < -0.4 is 4.74 Å². The van der Waals surface area contributed by atoms with E-state index in [0.29, 0.717) is 18.3 Å². The molecule has 0 N–H and O–H groups in total. The molecule has 5 nitrogen and oxygen atoms in total. The van der Waals surface area contributed by atoms with E-state index in [4.69, 9.17) is 9.26 Å². The van der Waals surface area contributed by atoms with Gasteiger partial charge in [-0.3, -0.25) is 4.90 Å². The van der Waals surface area contributed by atoms with Gasteiger partial charge in [-0.1, -0.05) is 41.1 Å². The van der Waals surface area contributed by atoms with Crippen LogP contribution in [0.4, 0.5) is 0 Å². The van der Waals surface area contributed by atoms with Crippen molar-refractivity contribution in [1.82, 2.24) is 15.0 Å². The molecule has 0 atom stereocenters. The van der Waals surface area contributed by atoms with E-state index in [9.17, 15) is 0 Å². The zero-order valence-electron chi connectivity index (χ0n) is 15.6. The van der Waals surface area contributed by atoms with Gasteiger partial charge in [-0.15, -0.1) is 0 Å². The number of aromatic nitrogens is 2. The molecule has 3 aromatic rings. The Labute approximate surface area is 154 Å². The third kappa shape index (κ3) is 4.92. The van der Waals surface area contributed by atoms with Crippen LogP contribution in [0, 0.1) is 6.92 Å². The second-order valence-corrected chi connectivity index (χ2v) is 6.57. The molecule has 0 amide bonds. The van der Waals surface area contributed by atoms with Crippen molar-refractivity contribution in [1.29, 1.82) is 0 Å². The predicted octanol–water partition coefficient (Wildman–Crippen LogP) is 4.12. The molecule has 0 spiro atoms. The van der Waals surface area contributed by atoms with E-state index in [1.54, 1.807) is 7.11 Å². The van der Waals surface area contributed by atoms with E-state index >= 15 is 0 Å². The standard InChI is InChI=1S/C21H25N3O2/c1-16-6-4-8-18(14-16)21-22-20(26-23-21)15-24(2)13-5-7-17-9-11-19(25-3)12-10-17/h4,6,8-12,14H,5,7,13,15H2,1-3H3. The lowest BCUT2D eigenvalue weighted by Gasteiger charge is -2.13. The Morgan fingerprint density at radius 1 is 1.12 bits per heavy atom. The van der Waals surface area contributed by atoms with Gasteiger partial charge in [-0.05, 0) is 57.1 Å². The average Bonchev–Trinajstić information content (AvgIpc) is 3.11. The summed E-state index contributed by atoms with van der Waals surface area (Å²) < 4.78 is 10.6. The maximum Gasteiger partial charge on any atom is 0.241 e. The number of aryl methyl sites for hydroxylation is 2. The summed E-state index contributed by atoms with van der Waals surface area (Å²) >= 11 is 0. The van der Waals surface area contributed by atoms with Crippen molar-refractivity contribution >= 4 is 0 Å². The van der Waals surface area contributed by atoms with E-state index in [-0.39, 0.29) is 0 Å². The van der Waals surface area contributed by atoms with Crippen molar-refractivity contribution in [3.63, 3.8) is 0 Å². The Morgan fingerprint density at radius 3 is 2.65 bits per heavy atom. The van der Waals surface area contributed by atoms with Crippen molar-refractivity contribution in [2.24, 2.45) is 0 Å². The first-order valence-corrected chi connectivity index (χ1v) is 8.85. The lowest BCUT2D eigenvalue weighted by molar-refractivity contribution is 0.264. The van der Waals surface area contributed by atoms with Crippen molar-refractivity contribution < 1.29 is 9.26 Å². The summed E-state index contributed by atoms with van der Waals surface area (Å²) in [5, 5.41) is 4.10. The summed E-state index contributed by atoms with van der Waals surface area (Å²) in [6.45, 7) is 3.68. The summed E-state index contributed by atoms with van der Waals surface area (Å²) in [5.74, 6) is 2.19. The monoisotopic (exact) mass is 351 g/mol. The smallest absolute Gasteiger partial charge is 0.241 e. The first kappa shape index (κ1) is 18.1. The summed E-state index contributed by atoms with van der Waals surface area (Å²) in [4.78, 5) is 6.72. The summed E-state index contributed by atoms with van der Waals surface area (Å²) in [6.07, 6.45) is 2.11. The van der Waals surface area contributed by atoms with Crippen LogP contribution in [0.15, 0.2) is 53.1 Å². The van der Waals surface area contributed by atoms with Gasteiger partial charge >= 0.3 is 0 Å². The van der Waals surface area contributed by atoms with Crippen molar-refractivity contribution in [3.8, 4) is 17.1 Å². The van der Waals surface area contributed by atoms with Gasteiger partial charge < -0.3 is 9.26 Å². The van der Waals surface area contributed by atoms with Gasteiger partial charge in [-0.25, -0.2) is 0 Å². The molecule has 0 saturated heterocycles. The van der Waals surface area contributed by atoms with Gasteiger partial charge in [0, 0.05) is 5.56 Å². The Morgan fingerprint density at radius 2 is 1.92 bits per heavy atom. The second kappa shape index (κ2) is 8.63. The van der Waals surface area contributed by atoms with Crippen LogP contribution in [0.1, 0.15) is 23.4 Å². The number of benzene rings is 2. The second-order valence-electron chi connectivity index (χ2n) is 6.57. The number of ether oxygens (including phenoxy) is 1. The molecule has 0 bridgehead atoms. The zero-order valence-corrected chi connectivity index (χ0v) is 15.6. The quantitative estimate of drug-likeness (QED) is 0.611. The molecule has 5 heteroatoms. The van der Waals surface area contributed by atoms with Crippen LogP contribution in [0.5, 0.6) is 5.75 Å². The lowest BCUT2D eigenvalue weighted by Crippen LogP contribution is -2.19. The molecule has 0 fully saturated rings. The van der Waals surface area contributed by atoms with Gasteiger partial charge in [0.05, 0.1) is 13.7 Å². The highest BCUT2D eigenvalue weighted by Gasteiger charge is 2.11. The largest absolute Gasteiger partial charge is 0.497 e. The minimum Gasteiger partial charge on any atom is -0.497 e. The van der Waals surface area contributed by atoms with Crippen LogP contribution in [-0.2, 0) is 13.0 Å². The Kier molecular flexibility index (Phi) is 6.02. The normalized spacial score (nSPS) is 11.1. The molecule has 1 heterocycles. The van der Waals surface area contributed by atoms with Crippen LogP contribution in [0.25, 0.3) is 11.4 Å². The van der Waals surface area contributed by atoms with Gasteiger partial charge in [-0.2, -0.15) is 4.98 Å². The van der Waals surface area contributed by atoms with E-state index in [1.807, 2.05) is 24.3 Å². The predicted molar refractivity (Wildman–Crippen MR) is 102 cm³/mol. The molecule has 2 aromatic carbocycles. The van der Waals surface area contributed by atoms with Crippen LogP contribution in [0.2, 0.25) is 0 Å².